The molecule has 2 aromatic carbocycles. The van der Waals surface area contributed by atoms with Gasteiger partial charge in [0.05, 0.1) is 0 Å². The van der Waals surface area contributed by atoms with Crippen LogP contribution in [0.4, 0.5) is 5.69 Å². The molecule has 0 aliphatic carbocycles. The van der Waals surface area contributed by atoms with Crippen molar-refractivity contribution in [2.75, 3.05) is 11.4 Å². The maximum absolute atomic E-state index is 12.8. The predicted octanol–water partition coefficient (Wildman–Crippen LogP) is 2.45. The number of benzene rings is 2. The standard InChI is InChI=1S/C17H18N2O/c1-17(18,14-8-3-2-4-9-14)16(20)19-12-11-13-7-5-6-10-15(13)19/h2-10H,11-12,18H2,1H3. The van der Waals surface area contributed by atoms with Crippen molar-refractivity contribution in [1.82, 2.24) is 0 Å². The maximum Gasteiger partial charge on any atom is 0.251 e. The first-order valence-corrected chi connectivity index (χ1v) is 6.85. The van der Waals surface area contributed by atoms with Gasteiger partial charge in [-0.25, -0.2) is 0 Å². The molecule has 0 fully saturated rings. The molecule has 1 unspecified atom stereocenters. The maximum atomic E-state index is 12.8. The van der Waals surface area contributed by atoms with Gasteiger partial charge in [-0.1, -0.05) is 48.5 Å². The molecule has 2 aromatic rings. The summed E-state index contributed by atoms with van der Waals surface area (Å²) in [5.74, 6) is -0.0475. The van der Waals surface area contributed by atoms with E-state index in [0.717, 1.165) is 17.7 Å². The van der Waals surface area contributed by atoms with Gasteiger partial charge in [-0.3, -0.25) is 4.79 Å². The van der Waals surface area contributed by atoms with Gasteiger partial charge in [-0.2, -0.15) is 0 Å². The third-order valence-electron chi connectivity index (χ3n) is 3.95. The Morgan fingerprint density at radius 2 is 1.75 bits per heavy atom. The third-order valence-corrected chi connectivity index (χ3v) is 3.95. The summed E-state index contributed by atoms with van der Waals surface area (Å²) in [4.78, 5) is 14.6. The van der Waals surface area contributed by atoms with Gasteiger partial charge < -0.3 is 10.6 Å². The largest absolute Gasteiger partial charge is 0.314 e. The molecular formula is C17H18N2O. The molecular weight excluding hydrogens is 248 g/mol. The van der Waals surface area contributed by atoms with Crippen LogP contribution in [-0.2, 0) is 16.8 Å². The minimum atomic E-state index is -1.00. The lowest BCUT2D eigenvalue weighted by molar-refractivity contribution is -0.123. The van der Waals surface area contributed by atoms with Crippen LogP contribution in [0, 0.1) is 0 Å². The molecule has 3 nitrogen and oxygen atoms in total. The summed E-state index contributed by atoms with van der Waals surface area (Å²) in [5.41, 5.74) is 8.37. The van der Waals surface area contributed by atoms with Crippen LogP contribution in [0.2, 0.25) is 0 Å². The first kappa shape index (κ1) is 12.9. The zero-order chi connectivity index (χ0) is 14.2. The smallest absolute Gasteiger partial charge is 0.251 e. The Morgan fingerprint density at radius 1 is 1.10 bits per heavy atom. The molecule has 0 radical (unpaired) electrons. The number of fused-ring (bicyclic) bond motifs is 1. The van der Waals surface area contributed by atoms with Crippen LogP contribution in [0.25, 0.3) is 0 Å². The fourth-order valence-corrected chi connectivity index (χ4v) is 2.74. The second-order valence-corrected chi connectivity index (χ2v) is 5.40. The minimum Gasteiger partial charge on any atom is -0.314 e. The fraction of sp³-hybridized carbons (Fsp3) is 0.235. The summed E-state index contributed by atoms with van der Waals surface area (Å²) in [5, 5.41) is 0. The van der Waals surface area contributed by atoms with Crippen molar-refractivity contribution in [3.8, 4) is 0 Å². The molecule has 1 amide bonds. The second kappa shape index (κ2) is 4.76. The zero-order valence-corrected chi connectivity index (χ0v) is 11.5. The van der Waals surface area contributed by atoms with Crippen molar-refractivity contribution in [2.24, 2.45) is 5.73 Å². The molecule has 1 atom stereocenters. The number of rotatable bonds is 2. The first-order valence-electron chi connectivity index (χ1n) is 6.85. The van der Waals surface area contributed by atoms with E-state index in [-0.39, 0.29) is 5.91 Å². The van der Waals surface area contributed by atoms with E-state index in [1.165, 1.54) is 5.56 Å². The lowest BCUT2D eigenvalue weighted by Gasteiger charge is -2.30. The number of carbonyl (C=O) groups excluding carboxylic acids is 1. The Labute approximate surface area is 119 Å². The highest BCUT2D eigenvalue weighted by molar-refractivity contribution is 6.01. The Balaban J connectivity index is 1.94. The lowest BCUT2D eigenvalue weighted by atomic mass is 9.91. The number of para-hydroxylation sites is 1. The predicted molar refractivity (Wildman–Crippen MR) is 80.5 cm³/mol. The van der Waals surface area contributed by atoms with Crippen molar-refractivity contribution in [3.63, 3.8) is 0 Å². The number of hydrogen-bond donors (Lipinski definition) is 1. The van der Waals surface area contributed by atoms with E-state index in [1.54, 1.807) is 6.92 Å². The van der Waals surface area contributed by atoms with Crippen molar-refractivity contribution in [3.05, 3.63) is 65.7 Å². The lowest BCUT2D eigenvalue weighted by Crippen LogP contribution is -2.50. The van der Waals surface area contributed by atoms with E-state index in [9.17, 15) is 4.79 Å². The number of amides is 1. The van der Waals surface area contributed by atoms with Crippen LogP contribution in [0.3, 0.4) is 0 Å². The summed E-state index contributed by atoms with van der Waals surface area (Å²) in [6.45, 7) is 2.49. The number of carbonyl (C=O) groups is 1. The van der Waals surface area contributed by atoms with Crippen LogP contribution in [0.15, 0.2) is 54.6 Å². The molecule has 0 spiro atoms. The summed E-state index contributed by atoms with van der Waals surface area (Å²) in [7, 11) is 0. The summed E-state index contributed by atoms with van der Waals surface area (Å²) in [6, 6.07) is 17.6. The Bertz CT molecular complexity index is 634. The fourth-order valence-electron chi connectivity index (χ4n) is 2.74. The minimum absolute atomic E-state index is 0.0475. The van der Waals surface area contributed by atoms with E-state index in [4.69, 9.17) is 5.73 Å². The third kappa shape index (κ3) is 2.00. The van der Waals surface area contributed by atoms with E-state index in [2.05, 4.69) is 6.07 Å². The van der Waals surface area contributed by atoms with Gasteiger partial charge in [0.1, 0.15) is 5.54 Å². The quantitative estimate of drug-likeness (QED) is 0.907. The van der Waals surface area contributed by atoms with E-state index in [1.807, 2.05) is 53.4 Å². The van der Waals surface area contributed by atoms with Gasteiger partial charge in [0.2, 0.25) is 0 Å². The van der Waals surface area contributed by atoms with Crippen LogP contribution < -0.4 is 10.6 Å². The summed E-state index contributed by atoms with van der Waals surface area (Å²) in [6.07, 6.45) is 0.896. The first-order chi connectivity index (χ1) is 9.60. The van der Waals surface area contributed by atoms with E-state index in [0.29, 0.717) is 6.54 Å². The van der Waals surface area contributed by atoms with Crippen molar-refractivity contribution < 1.29 is 4.79 Å². The van der Waals surface area contributed by atoms with Gasteiger partial charge >= 0.3 is 0 Å². The molecule has 1 aliphatic heterocycles. The topological polar surface area (TPSA) is 46.3 Å². The molecule has 2 N–H and O–H groups in total. The summed E-state index contributed by atoms with van der Waals surface area (Å²) < 4.78 is 0. The summed E-state index contributed by atoms with van der Waals surface area (Å²) >= 11 is 0. The van der Waals surface area contributed by atoms with Crippen molar-refractivity contribution >= 4 is 11.6 Å². The Hall–Kier alpha value is -2.13. The molecule has 0 saturated heterocycles. The molecule has 0 bridgehead atoms. The zero-order valence-electron chi connectivity index (χ0n) is 11.5. The average molecular weight is 266 g/mol. The molecule has 0 saturated carbocycles. The molecule has 102 valence electrons. The van der Waals surface area contributed by atoms with Gasteiger partial charge in [0.15, 0.2) is 0 Å². The highest BCUT2D eigenvalue weighted by Crippen LogP contribution is 2.31. The van der Waals surface area contributed by atoms with Gasteiger partial charge in [-0.15, -0.1) is 0 Å². The van der Waals surface area contributed by atoms with Crippen LogP contribution in [0.5, 0.6) is 0 Å². The normalized spacial score (nSPS) is 16.6. The van der Waals surface area contributed by atoms with Crippen LogP contribution in [-0.4, -0.2) is 12.5 Å². The van der Waals surface area contributed by atoms with Gasteiger partial charge in [-0.05, 0) is 30.5 Å². The average Bonchev–Trinajstić information content (AvgIpc) is 2.91. The monoisotopic (exact) mass is 266 g/mol. The second-order valence-electron chi connectivity index (χ2n) is 5.40. The van der Waals surface area contributed by atoms with E-state index < -0.39 is 5.54 Å². The van der Waals surface area contributed by atoms with Gasteiger partial charge in [0, 0.05) is 12.2 Å². The van der Waals surface area contributed by atoms with Crippen molar-refractivity contribution in [1.29, 1.82) is 0 Å². The number of anilines is 1. The highest BCUT2D eigenvalue weighted by atomic mass is 16.2. The SMILES string of the molecule is CC(N)(C(=O)N1CCc2ccccc21)c1ccccc1. The molecule has 1 heterocycles. The van der Waals surface area contributed by atoms with E-state index >= 15 is 0 Å². The molecule has 3 heteroatoms. The van der Waals surface area contributed by atoms with Crippen LogP contribution in [0.1, 0.15) is 18.1 Å². The van der Waals surface area contributed by atoms with Crippen LogP contribution >= 0.6 is 0 Å². The molecule has 0 aromatic heterocycles. The Kier molecular flexibility index (Phi) is 3.07. The number of nitrogens with two attached hydrogens (primary N) is 1. The molecule has 1 aliphatic rings. The number of hydrogen-bond acceptors (Lipinski definition) is 2. The van der Waals surface area contributed by atoms with Gasteiger partial charge in [0.25, 0.3) is 5.91 Å². The Morgan fingerprint density at radius 3 is 2.50 bits per heavy atom. The molecule has 20 heavy (non-hydrogen) atoms. The van der Waals surface area contributed by atoms with Crippen molar-refractivity contribution in [2.45, 2.75) is 18.9 Å². The molecule has 3 rings (SSSR count). The highest BCUT2D eigenvalue weighted by Gasteiger charge is 2.37. The number of nitrogens with zero attached hydrogens (tertiary/aromatic N) is 1.